The number of aliphatic carboxylic acids is 1. The zero-order valence-corrected chi connectivity index (χ0v) is 13.2. The summed E-state index contributed by atoms with van der Waals surface area (Å²) in [7, 11) is 0. The van der Waals surface area contributed by atoms with Crippen molar-refractivity contribution < 1.29 is 23.9 Å². The largest absolute Gasteiger partial charge is 0.480 e. The van der Waals surface area contributed by atoms with E-state index in [4.69, 9.17) is 9.52 Å². The van der Waals surface area contributed by atoms with Gasteiger partial charge in [-0.05, 0) is 37.8 Å². The van der Waals surface area contributed by atoms with Crippen LogP contribution < -0.4 is 0 Å². The quantitative estimate of drug-likeness (QED) is 0.859. The molecule has 2 rings (SSSR count). The maximum Gasteiger partial charge on any atom is 0.323 e. The van der Waals surface area contributed by atoms with E-state index in [1.165, 1.54) is 16.1 Å². The first kappa shape index (κ1) is 17.1. The van der Waals surface area contributed by atoms with E-state index >= 15 is 0 Å². The minimum atomic E-state index is -1.05. The first-order chi connectivity index (χ1) is 11.0. The van der Waals surface area contributed by atoms with Gasteiger partial charge in [0, 0.05) is 13.1 Å². The van der Waals surface area contributed by atoms with Crippen LogP contribution in [-0.2, 0) is 9.59 Å². The molecule has 1 aliphatic rings. The Balaban J connectivity index is 2.17. The molecule has 7 nitrogen and oxygen atoms in total. The highest BCUT2D eigenvalue weighted by atomic mass is 16.4. The lowest BCUT2D eigenvalue weighted by molar-refractivity contribution is -0.147. The third kappa shape index (κ3) is 4.12. The Labute approximate surface area is 134 Å². The first-order valence-electron chi connectivity index (χ1n) is 7.89. The summed E-state index contributed by atoms with van der Waals surface area (Å²) in [5, 5.41) is 8.99. The lowest BCUT2D eigenvalue weighted by Gasteiger charge is -2.36. The minimum Gasteiger partial charge on any atom is -0.480 e. The van der Waals surface area contributed by atoms with Gasteiger partial charge in [0.2, 0.25) is 5.91 Å². The van der Waals surface area contributed by atoms with Crippen LogP contribution in [0.5, 0.6) is 0 Å². The smallest absolute Gasteiger partial charge is 0.323 e. The van der Waals surface area contributed by atoms with Crippen LogP contribution in [-0.4, -0.2) is 58.4 Å². The SMILES string of the molecule is CCCN(CC(=O)O)C(=O)C1CCCCN1C(=O)c1ccco1. The third-order valence-electron chi connectivity index (χ3n) is 3.91. The molecule has 0 aliphatic carbocycles. The van der Waals surface area contributed by atoms with Crippen LogP contribution in [0.2, 0.25) is 0 Å². The fraction of sp³-hybridized carbons (Fsp3) is 0.562. The Hall–Kier alpha value is -2.31. The van der Waals surface area contributed by atoms with Crippen molar-refractivity contribution in [2.75, 3.05) is 19.6 Å². The highest BCUT2D eigenvalue weighted by Crippen LogP contribution is 2.22. The monoisotopic (exact) mass is 322 g/mol. The molecule has 0 bridgehead atoms. The lowest BCUT2D eigenvalue weighted by atomic mass is 10.00. The number of likely N-dealkylation sites (tertiary alicyclic amines) is 1. The summed E-state index contributed by atoms with van der Waals surface area (Å²) in [6.45, 7) is 2.38. The molecule has 1 aromatic heterocycles. The van der Waals surface area contributed by atoms with E-state index in [2.05, 4.69) is 0 Å². The standard InChI is InChI=1S/C16H22N2O5/c1-2-8-17(11-14(19)20)15(21)12-6-3-4-9-18(12)16(22)13-7-5-10-23-13/h5,7,10,12H,2-4,6,8-9,11H2,1H3,(H,19,20). The molecule has 1 aliphatic heterocycles. The van der Waals surface area contributed by atoms with Gasteiger partial charge in [-0.25, -0.2) is 0 Å². The highest BCUT2D eigenvalue weighted by Gasteiger charge is 2.36. The van der Waals surface area contributed by atoms with Gasteiger partial charge in [0.05, 0.1) is 6.26 Å². The molecule has 23 heavy (non-hydrogen) atoms. The number of carboxylic acids is 1. The number of furan rings is 1. The zero-order valence-electron chi connectivity index (χ0n) is 13.2. The van der Waals surface area contributed by atoms with Gasteiger partial charge >= 0.3 is 5.97 Å². The van der Waals surface area contributed by atoms with Crippen LogP contribution >= 0.6 is 0 Å². The van der Waals surface area contributed by atoms with Gasteiger partial charge < -0.3 is 19.3 Å². The summed E-state index contributed by atoms with van der Waals surface area (Å²) < 4.78 is 5.14. The maximum absolute atomic E-state index is 12.7. The lowest BCUT2D eigenvalue weighted by Crippen LogP contribution is -2.54. The number of carbonyl (C=O) groups is 3. The van der Waals surface area contributed by atoms with Crippen LogP contribution in [0.25, 0.3) is 0 Å². The van der Waals surface area contributed by atoms with E-state index in [0.29, 0.717) is 25.9 Å². The van der Waals surface area contributed by atoms with Gasteiger partial charge in [-0.2, -0.15) is 0 Å². The summed E-state index contributed by atoms with van der Waals surface area (Å²) in [5.74, 6) is -1.47. The molecule has 1 N–H and O–H groups in total. The number of carboxylic acid groups (broad SMARTS) is 1. The Bertz CT molecular complexity index is 555. The summed E-state index contributed by atoms with van der Waals surface area (Å²) >= 11 is 0. The molecule has 0 aromatic carbocycles. The van der Waals surface area contributed by atoms with Crippen LogP contribution in [0.4, 0.5) is 0 Å². The molecule has 1 aromatic rings. The van der Waals surface area contributed by atoms with Gasteiger partial charge in [-0.15, -0.1) is 0 Å². The fourth-order valence-corrected chi connectivity index (χ4v) is 2.88. The van der Waals surface area contributed by atoms with Gasteiger partial charge in [-0.3, -0.25) is 14.4 Å². The summed E-state index contributed by atoms with van der Waals surface area (Å²) in [5.41, 5.74) is 0. The molecule has 1 unspecified atom stereocenters. The van der Waals surface area contributed by atoms with Crippen molar-refractivity contribution >= 4 is 17.8 Å². The number of rotatable bonds is 6. The van der Waals surface area contributed by atoms with Crippen LogP contribution in [0.3, 0.4) is 0 Å². The molecule has 0 spiro atoms. The Kier molecular flexibility index (Phi) is 5.78. The van der Waals surface area contributed by atoms with Crippen LogP contribution in [0.1, 0.15) is 43.2 Å². The third-order valence-corrected chi connectivity index (χ3v) is 3.91. The van der Waals surface area contributed by atoms with Crippen molar-refractivity contribution in [2.45, 2.75) is 38.6 Å². The second-order valence-electron chi connectivity index (χ2n) is 5.64. The molecular formula is C16H22N2O5. The second-order valence-corrected chi connectivity index (χ2v) is 5.64. The van der Waals surface area contributed by atoms with Crippen LogP contribution in [0.15, 0.2) is 22.8 Å². The summed E-state index contributed by atoms with van der Waals surface area (Å²) in [4.78, 5) is 39.1. The van der Waals surface area contributed by atoms with E-state index in [9.17, 15) is 14.4 Å². The Morgan fingerprint density at radius 1 is 1.39 bits per heavy atom. The van der Waals surface area contributed by atoms with Gasteiger partial charge in [0.15, 0.2) is 5.76 Å². The Morgan fingerprint density at radius 3 is 2.78 bits per heavy atom. The molecule has 1 atom stereocenters. The minimum absolute atomic E-state index is 0.199. The molecule has 0 radical (unpaired) electrons. The van der Waals surface area contributed by atoms with E-state index in [1.54, 1.807) is 12.1 Å². The van der Waals surface area contributed by atoms with E-state index < -0.39 is 12.0 Å². The number of hydrogen-bond acceptors (Lipinski definition) is 4. The zero-order chi connectivity index (χ0) is 16.8. The van der Waals surface area contributed by atoms with Crippen molar-refractivity contribution in [3.63, 3.8) is 0 Å². The second kappa shape index (κ2) is 7.80. The van der Waals surface area contributed by atoms with Crippen molar-refractivity contribution in [1.29, 1.82) is 0 Å². The summed E-state index contributed by atoms with van der Waals surface area (Å²) in [6, 6.07) is 2.58. The number of piperidine rings is 1. The number of carbonyl (C=O) groups excluding carboxylic acids is 2. The van der Waals surface area contributed by atoms with E-state index in [1.807, 2.05) is 6.92 Å². The molecule has 2 amide bonds. The van der Waals surface area contributed by atoms with E-state index in [-0.39, 0.29) is 24.1 Å². The van der Waals surface area contributed by atoms with Crippen molar-refractivity contribution in [2.24, 2.45) is 0 Å². The first-order valence-corrected chi connectivity index (χ1v) is 7.89. The molecule has 2 heterocycles. The van der Waals surface area contributed by atoms with E-state index in [0.717, 1.165) is 12.8 Å². The molecule has 1 fully saturated rings. The number of nitrogens with zero attached hydrogens (tertiary/aromatic N) is 2. The summed E-state index contributed by atoms with van der Waals surface area (Å²) in [6.07, 6.45) is 4.29. The van der Waals surface area contributed by atoms with Crippen molar-refractivity contribution in [3.8, 4) is 0 Å². The fourth-order valence-electron chi connectivity index (χ4n) is 2.88. The van der Waals surface area contributed by atoms with Gasteiger partial charge in [-0.1, -0.05) is 6.92 Å². The highest BCUT2D eigenvalue weighted by molar-refractivity contribution is 5.96. The van der Waals surface area contributed by atoms with Gasteiger partial charge in [0.1, 0.15) is 12.6 Å². The molecule has 0 saturated carbocycles. The normalized spacial score (nSPS) is 17.8. The van der Waals surface area contributed by atoms with Crippen molar-refractivity contribution in [1.82, 2.24) is 9.80 Å². The average molecular weight is 322 g/mol. The van der Waals surface area contributed by atoms with Gasteiger partial charge in [0.25, 0.3) is 5.91 Å². The number of amides is 2. The Morgan fingerprint density at radius 2 is 2.17 bits per heavy atom. The average Bonchev–Trinajstić information content (AvgIpc) is 3.07. The molecular weight excluding hydrogens is 300 g/mol. The molecule has 1 saturated heterocycles. The maximum atomic E-state index is 12.7. The molecule has 7 heteroatoms. The topological polar surface area (TPSA) is 91.1 Å². The predicted octanol–water partition coefficient (Wildman–Crippen LogP) is 1.60. The van der Waals surface area contributed by atoms with Crippen molar-refractivity contribution in [3.05, 3.63) is 24.2 Å². The predicted molar refractivity (Wildman–Crippen MR) is 81.9 cm³/mol. The molecule has 126 valence electrons. The number of hydrogen-bond donors (Lipinski definition) is 1. The van der Waals surface area contributed by atoms with Crippen LogP contribution in [0, 0.1) is 0 Å².